The summed E-state index contributed by atoms with van der Waals surface area (Å²) in [5, 5.41) is 8.52. The van der Waals surface area contributed by atoms with E-state index >= 15 is 0 Å². The minimum Gasteiger partial charge on any atom is -1.00 e. The van der Waals surface area contributed by atoms with E-state index in [1.807, 2.05) is 7.05 Å². The Kier molecular flexibility index (Phi) is 10.9. The first-order valence-electron chi connectivity index (χ1n) is 4.68. The zero-order valence-corrected chi connectivity index (χ0v) is 12.8. The van der Waals surface area contributed by atoms with Crippen molar-refractivity contribution >= 4 is 14.7 Å². The van der Waals surface area contributed by atoms with Gasteiger partial charge in [-0.25, -0.2) is 9.97 Å². The van der Waals surface area contributed by atoms with E-state index in [-0.39, 0.29) is 46.0 Å². The summed E-state index contributed by atoms with van der Waals surface area (Å²) in [6.45, 7) is 0.0174. The average Bonchev–Trinajstić information content (AvgIpc) is 2.87. The fourth-order valence-electron chi connectivity index (χ4n) is 1.04. The number of aliphatic hydroxyl groups excluding tert-OH is 1. The van der Waals surface area contributed by atoms with Gasteiger partial charge in [0.05, 0.1) is 0 Å². The zero-order chi connectivity index (χ0) is 12.0. The number of nitrogens with zero attached hydrogens (tertiary/aromatic N) is 4. The van der Waals surface area contributed by atoms with Crippen LogP contribution in [-0.2, 0) is 20.7 Å². The molecule has 8 heteroatoms. The Morgan fingerprint density at radius 3 is 2.06 bits per heavy atom. The van der Waals surface area contributed by atoms with Gasteiger partial charge in [-0.3, -0.25) is 4.79 Å². The molecule has 0 unspecified atom stereocenters. The molecule has 0 amide bonds. The fourth-order valence-corrected chi connectivity index (χ4v) is 1.04. The molecule has 0 saturated carbocycles. The first-order valence-corrected chi connectivity index (χ1v) is 4.68. The van der Waals surface area contributed by atoms with E-state index in [9.17, 15) is 4.79 Å². The standard InChI is InChI=1S/C5H8N2O.C5H6N2O.B.Na.H/c2*1-7-3-2-6-5(7)4-8;;;/h2-3,8H,4H2,1H3;2-4H,1H3;;;/q;;;+1;-1. The Bertz CT molecular complexity index is 464. The van der Waals surface area contributed by atoms with E-state index in [0.29, 0.717) is 11.6 Å². The molecule has 2 rings (SSSR count). The van der Waals surface area contributed by atoms with Gasteiger partial charge in [0.25, 0.3) is 0 Å². The predicted molar refractivity (Wildman–Crippen MR) is 64.6 cm³/mol. The van der Waals surface area contributed by atoms with E-state index in [0.717, 1.165) is 6.29 Å². The Morgan fingerprint density at radius 1 is 1.28 bits per heavy atom. The second-order valence-corrected chi connectivity index (χ2v) is 3.13. The molecule has 6 nitrogen and oxygen atoms in total. The molecule has 0 aliphatic rings. The minimum atomic E-state index is 0. The Morgan fingerprint density at radius 2 is 1.83 bits per heavy atom. The van der Waals surface area contributed by atoms with Crippen molar-refractivity contribution < 1.29 is 40.9 Å². The first-order chi connectivity index (χ1) is 7.69. The molecule has 0 bridgehead atoms. The third-order valence-corrected chi connectivity index (χ3v) is 2.03. The van der Waals surface area contributed by atoms with Crippen LogP contribution in [0.5, 0.6) is 0 Å². The number of aliphatic hydroxyl groups is 1. The van der Waals surface area contributed by atoms with Crippen LogP contribution in [0.4, 0.5) is 0 Å². The number of imidazole rings is 2. The molecular weight excluding hydrogens is 242 g/mol. The van der Waals surface area contributed by atoms with Crippen molar-refractivity contribution in [1.82, 2.24) is 19.1 Å². The number of carbonyl (C=O) groups excluding carboxylic acids is 1. The maximum absolute atomic E-state index is 10.0. The van der Waals surface area contributed by atoms with Gasteiger partial charge in [0.1, 0.15) is 12.4 Å². The Hall–Kier alpha value is -0.885. The predicted octanol–water partition coefficient (Wildman–Crippen LogP) is -3.12. The van der Waals surface area contributed by atoms with Crippen molar-refractivity contribution in [3.63, 3.8) is 0 Å². The number of carbonyl (C=O) groups is 1. The van der Waals surface area contributed by atoms with Crippen molar-refractivity contribution in [2.45, 2.75) is 6.61 Å². The second-order valence-electron chi connectivity index (χ2n) is 3.13. The van der Waals surface area contributed by atoms with Gasteiger partial charge >= 0.3 is 29.6 Å². The van der Waals surface area contributed by atoms with E-state index in [1.54, 1.807) is 41.0 Å². The molecule has 0 spiro atoms. The molecule has 2 aromatic rings. The molecule has 0 saturated heterocycles. The van der Waals surface area contributed by atoms with Crippen LogP contribution in [0.15, 0.2) is 24.8 Å². The molecule has 18 heavy (non-hydrogen) atoms. The summed E-state index contributed by atoms with van der Waals surface area (Å²) in [6, 6.07) is 0. The molecular formula is C10H15BN4NaO2. The van der Waals surface area contributed by atoms with E-state index in [2.05, 4.69) is 9.97 Å². The van der Waals surface area contributed by atoms with Gasteiger partial charge < -0.3 is 15.7 Å². The van der Waals surface area contributed by atoms with Gasteiger partial charge in [0, 0.05) is 47.3 Å². The number of rotatable bonds is 2. The summed E-state index contributed by atoms with van der Waals surface area (Å²) in [5.41, 5.74) is 0. The SMILES string of the molecule is Cn1ccnc1C=O.Cn1ccnc1CO.[B].[H-].[Na+]. The molecule has 0 atom stereocenters. The second kappa shape index (κ2) is 10.1. The Labute approximate surface area is 131 Å². The zero-order valence-electron chi connectivity index (χ0n) is 11.8. The van der Waals surface area contributed by atoms with Crippen molar-refractivity contribution in [3.05, 3.63) is 36.4 Å². The van der Waals surface area contributed by atoms with Gasteiger partial charge in [-0.2, -0.15) is 0 Å². The maximum Gasteiger partial charge on any atom is 1.00 e. The minimum absolute atomic E-state index is 0. The maximum atomic E-state index is 10.0. The smallest absolute Gasteiger partial charge is 1.00 e. The summed E-state index contributed by atoms with van der Waals surface area (Å²) in [7, 11) is 3.62. The molecule has 2 aromatic heterocycles. The summed E-state index contributed by atoms with van der Waals surface area (Å²) < 4.78 is 3.44. The normalized spacial score (nSPS) is 8.39. The van der Waals surface area contributed by atoms with Gasteiger partial charge in [-0.1, -0.05) is 0 Å². The van der Waals surface area contributed by atoms with Crippen LogP contribution in [0, 0.1) is 0 Å². The molecule has 3 radical (unpaired) electrons. The van der Waals surface area contributed by atoms with Crippen LogP contribution in [-0.4, -0.2) is 38.9 Å². The van der Waals surface area contributed by atoms with Gasteiger partial charge in [-0.15, -0.1) is 0 Å². The van der Waals surface area contributed by atoms with Crippen molar-refractivity contribution in [1.29, 1.82) is 0 Å². The Balaban J connectivity index is -0.000000233. The van der Waals surface area contributed by atoms with E-state index < -0.39 is 0 Å². The molecule has 91 valence electrons. The van der Waals surface area contributed by atoms with Crippen molar-refractivity contribution in [2.24, 2.45) is 14.1 Å². The average molecular weight is 257 g/mol. The topological polar surface area (TPSA) is 72.9 Å². The van der Waals surface area contributed by atoms with Gasteiger partial charge in [0.15, 0.2) is 12.1 Å². The largest absolute Gasteiger partial charge is 1.00 e. The molecule has 0 aliphatic carbocycles. The van der Waals surface area contributed by atoms with Gasteiger partial charge in [0.2, 0.25) is 0 Å². The van der Waals surface area contributed by atoms with Crippen LogP contribution in [0.1, 0.15) is 17.9 Å². The molecule has 0 aromatic carbocycles. The number of hydrogen-bond donors (Lipinski definition) is 1. The molecule has 2 heterocycles. The van der Waals surface area contributed by atoms with Gasteiger partial charge in [-0.05, 0) is 0 Å². The van der Waals surface area contributed by atoms with Crippen molar-refractivity contribution in [2.75, 3.05) is 0 Å². The van der Waals surface area contributed by atoms with E-state index in [1.165, 1.54) is 0 Å². The molecule has 1 N–H and O–H groups in total. The summed E-state index contributed by atoms with van der Waals surface area (Å²) in [4.78, 5) is 17.6. The summed E-state index contributed by atoms with van der Waals surface area (Å²) >= 11 is 0. The van der Waals surface area contributed by atoms with Crippen LogP contribution in [0.2, 0.25) is 0 Å². The van der Waals surface area contributed by atoms with E-state index in [4.69, 9.17) is 5.11 Å². The van der Waals surface area contributed by atoms with Crippen LogP contribution >= 0.6 is 0 Å². The number of aldehydes is 1. The first kappa shape index (κ1) is 19.5. The monoisotopic (exact) mass is 257 g/mol. The van der Waals surface area contributed by atoms with Crippen LogP contribution in [0.25, 0.3) is 0 Å². The van der Waals surface area contributed by atoms with Crippen LogP contribution in [0.3, 0.4) is 0 Å². The van der Waals surface area contributed by atoms with Crippen molar-refractivity contribution in [3.8, 4) is 0 Å². The molecule has 0 aliphatic heterocycles. The number of aromatic nitrogens is 4. The third kappa shape index (κ3) is 5.64. The van der Waals surface area contributed by atoms with Crippen LogP contribution < -0.4 is 29.6 Å². The fraction of sp³-hybridized carbons (Fsp3) is 0.300. The molecule has 0 fully saturated rings. The summed E-state index contributed by atoms with van der Waals surface area (Å²) in [5.74, 6) is 1.16. The summed E-state index contributed by atoms with van der Waals surface area (Å²) in [6.07, 6.45) is 7.49. The number of aryl methyl sites for hydroxylation is 2. The quantitative estimate of drug-likeness (QED) is 0.456. The number of hydrogen-bond acceptors (Lipinski definition) is 4. The third-order valence-electron chi connectivity index (χ3n) is 2.03.